The molecule has 1 fully saturated rings. The van der Waals surface area contributed by atoms with Gasteiger partial charge in [-0.3, -0.25) is 4.79 Å². The van der Waals surface area contributed by atoms with Crippen molar-refractivity contribution in [3.63, 3.8) is 0 Å². The van der Waals surface area contributed by atoms with E-state index in [-0.39, 0.29) is 35.2 Å². The zero-order chi connectivity index (χ0) is 20.9. The van der Waals surface area contributed by atoms with E-state index >= 15 is 4.39 Å². The van der Waals surface area contributed by atoms with Crippen LogP contribution in [0.2, 0.25) is 0 Å². The van der Waals surface area contributed by atoms with Crippen molar-refractivity contribution in [2.24, 2.45) is 5.92 Å². The number of ether oxygens (including phenoxy) is 1. The average Bonchev–Trinajstić information content (AvgIpc) is 3.15. The zero-order valence-electron chi connectivity index (χ0n) is 16.5. The van der Waals surface area contributed by atoms with Gasteiger partial charge in [-0.15, -0.1) is 0 Å². The minimum Gasteiger partial charge on any atom is -0.487 e. The summed E-state index contributed by atoms with van der Waals surface area (Å²) < 4.78 is 23.0. The first-order valence-corrected chi connectivity index (χ1v) is 9.86. The van der Waals surface area contributed by atoms with Gasteiger partial charge in [-0.2, -0.15) is 0 Å². The molecule has 3 heterocycles. The van der Waals surface area contributed by atoms with Gasteiger partial charge in [0.25, 0.3) is 0 Å². The Kier molecular flexibility index (Phi) is 4.85. The number of carboxylic acid groups (broad SMARTS) is 1. The van der Waals surface area contributed by atoms with Crippen molar-refractivity contribution in [3.05, 3.63) is 27.8 Å². The number of nitrogens with zero attached hydrogens (tertiary/aromatic N) is 2. The summed E-state index contributed by atoms with van der Waals surface area (Å²) in [5.41, 5.74) is 5.13. The van der Waals surface area contributed by atoms with Crippen LogP contribution in [0.25, 0.3) is 10.9 Å². The smallest absolute Gasteiger partial charge is 0.341 e. The quantitative estimate of drug-likeness (QED) is 0.652. The lowest BCUT2D eigenvalue weighted by Gasteiger charge is -2.32. The third-order valence-electron chi connectivity index (χ3n) is 5.84. The first kappa shape index (κ1) is 19.5. The molecule has 2 unspecified atom stereocenters. The number of nitrogens with two attached hydrogens (primary N) is 1. The normalized spacial score (nSPS) is 20.9. The maximum atomic E-state index is 15.4. The largest absolute Gasteiger partial charge is 0.487 e. The molecule has 29 heavy (non-hydrogen) atoms. The Morgan fingerprint density at radius 3 is 2.93 bits per heavy atom. The Morgan fingerprint density at radius 1 is 1.48 bits per heavy atom. The van der Waals surface area contributed by atoms with Gasteiger partial charge in [0.1, 0.15) is 17.9 Å². The summed E-state index contributed by atoms with van der Waals surface area (Å²) in [6.07, 6.45) is 2.22. The van der Waals surface area contributed by atoms with E-state index in [0.717, 1.165) is 19.5 Å². The highest BCUT2D eigenvalue weighted by Crippen LogP contribution is 2.46. The standard InChI is InChI=1S/C20H25FN4O4/c1-3-23-6-11-4-5-24(7-11)17-14(21)15(22)13-16-19(17)29-9-10(2)25(16)8-12(18(13)26)20(27)28/h8,10-11,23H,3-7,9,22H2,1-2H3,(H,27,28). The van der Waals surface area contributed by atoms with Crippen LogP contribution in [0.3, 0.4) is 0 Å². The third kappa shape index (κ3) is 3.00. The molecule has 0 saturated carbocycles. The van der Waals surface area contributed by atoms with Crippen LogP contribution in [0.15, 0.2) is 11.0 Å². The fraction of sp³-hybridized carbons (Fsp3) is 0.500. The van der Waals surface area contributed by atoms with E-state index in [1.54, 1.807) is 4.57 Å². The van der Waals surface area contributed by atoms with Gasteiger partial charge in [-0.1, -0.05) is 6.92 Å². The molecule has 2 aliphatic heterocycles. The second-order valence-corrected chi connectivity index (χ2v) is 7.78. The lowest BCUT2D eigenvalue weighted by molar-refractivity contribution is 0.0694. The molecule has 9 heteroatoms. The lowest BCUT2D eigenvalue weighted by Crippen LogP contribution is -2.31. The fourth-order valence-corrected chi connectivity index (χ4v) is 4.32. The Bertz CT molecular complexity index is 1050. The number of anilines is 2. The number of nitrogens with one attached hydrogen (secondary N) is 1. The van der Waals surface area contributed by atoms with Crippen LogP contribution in [-0.4, -0.2) is 48.4 Å². The topological polar surface area (TPSA) is 110 Å². The van der Waals surface area contributed by atoms with E-state index in [9.17, 15) is 14.7 Å². The van der Waals surface area contributed by atoms with E-state index in [1.807, 2.05) is 18.7 Å². The highest BCUT2D eigenvalue weighted by Gasteiger charge is 2.34. The number of carboxylic acids is 1. The number of benzene rings is 1. The SMILES string of the molecule is CCNCC1CCN(c2c(F)c(N)c3c(=O)c(C(=O)O)cn4c3c2OCC4C)C1. The molecule has 2 atom stereocenters. The van der Waals surface area contributed by atoms with Crippen LogP contribution in [0.4, 0.5) is 15.8 Å². The predicted molar refractivity (Wildman–Crippen MR) is 109 cm³/mol. The fourth-order valence-electron chi connectivity index (χ4n) is 4.32. The summed E-state index contributed by atoms with van der Waals surface area (Å²) in [6, 6.07) is -0.221. The highest BCUT2D eigenvalue weighted by molar-refractivity contribution is 6.03. The van der Waals surface area contributed by atoms with Crippen molar-refractivity contribution in [1.29, 1.82) is 0 Å². The van der Waals surface area contributed by atoms with Gasteiger partial charge in [0.2, 0.25) is 5.43 Å². The molecule has 2 aliphatic rings. The highest BCUT2D eigenvalue weighted by atomic mass is 19.1. The molecule has 1 saturated heterocycles. The van der Waals surface area contributed by atoms with Crippen LogP contribution in [-0.2, 0) is 0 Å². The molecule has 2 aromatic rings. The van der Waals surface area contributed by atoms with Crippen molar-refractivity contribution >= 4 is 28.2 Å². The summed E-state index contributed by atoms with van der Waals surface area (Å²) in [4.78, 5) is 26.2. The summed E-state index contributed by atoms with van der Waals surface area (Å²) >= 11 is 0. The number of hydrogen-bond acceptors (Lipinski definition) is 6. The number of aromatic nitrogens is 1. The number of halogens is 1. The molecule has 0 bridgehead atoms. The van der Waals surface area contributed by atoms with Crippen molar-refractivity contribution < 1.29 is 19.0 Å². The number of carbonyl (C=O) groups is 1. The van der Waals surface area contributed by atoms with Gasteiger partial charge < -0.3 is 30.4 Å². The molecule has 0 amide bonds. The van der Waals surface area contributed by atoms with Crippen LogP contribution < -0.4 is 26.1 Å². The van der Waals surface area contributed by atoms with Crippen molar-refractivity contribution in [3.8, 4) is 5.75 Å². The molecule has 4 rings (SSSR count). The Labute approximate surface area is 167 Å². The minimum atomic E-state index is -1.37. The Hall–Kier alpha value is -2.81. The number of nitrogen functional groups attached to an aromatic ring is 1. The number of aromatic carboxylic acids is 1. The van der Waals surface area contributed by atoms with E-state index in [4.69, 9.17) is 10.5 Å². The lowest BCUT2D eigenvalue weighted by atomic mass is 10.0. The van der Waals surface area contributed by atoms with Crippen LogP contribution in [0, 0.1) is 11.7 Å². The molecule has 0 radical (unpaired) electrons. The molecule has 0 spiro atoms. The van der Waals surface area contributed by atoms with Gasteiger partial charge in [0, 0.05) is 19.3 Å². The van der Waals surface area contributed by atoms with Crippen molar-refractivity contribution in [2.75, 3.05) is 43.4 Å². The van der Waals surface area contributed by atoms with E-state index in [1.165, 1.54) is 6.20 Å². The number of hydrogen-bond donors (Lipinski definition) is 3. The van der Waals surface area contributed by atoms with Gasteiger partial charge in [-0.25, -0.2) is 9.18 Å². The molecule has 4 N–H and O–H groups in total. The van der Waals surface area contributed by atoms with Gasteiger partial charge in [0.15, 0.2) is 11.6 Å². The first-order valence-electron chi connectivity index (χ1n) is 9.86. The molecular weight excluding hydrogens is 379 g/mol. The molecule has 1 aromatic carbocycles. The maximum absolute atomic E-state index is 15.4. The predicted octanol–water partition coefficient (Wildman–Crippen LogP) is 1.81. The first-order chi connectivity index (χ1) is 13.8. The van der Waals surface area contributed by atoms with E-state index in [2.05, 4.69) is 5.32 Å². The van der Waals surface area contributed by atoms with Crippen molar-refractivity contribution in [1.82, 2.24) is 9.88 Å². The van der Waals surface area contributed by atoms with E-state index in [0.29, 0.717) is 24.5 Å². The second kappa shape index (κ2) is 7.22. The Balaban J connectivity index is 1.93. The average molecular weight is 404 g/mol. The number of rotatable bonds is 5. The van der Waals surface area contributed by atoms with Crippen LogP contribution in [0.5, 0.6) is 5.75 Å². The molecule has 8 nitrogen and oxygen atoms in total. The number of pyridine rings is 1. The van der Waals surface area contributed by atoms with Crippen LogP contribution in [0.1, 0.15) is 36.7 Å². The zero-order valence-corrected chi connectivity index (χ0v) is 16.5. The molecule has 1 aromatic heterocycles. The van der Waals surface area contributed by atoms with Crippen molar-refractivity contribution in [2.45, 2.75) is 26.3 Å². The third-order valence-corrected chi connectivity index (χ3v) is 5.84. The van der Waals surface area contributed by atoms with Gasteiger partial charge in [-0.05, 0) is 32.4 Å². The maximum Gasteiger partial charge on any atom is 0.341 e. The van der Waals surface area contributed by atoms with Gasteiger partial charge >= 0.3 is 5.97 Å². The second-order valence-electron chi connectivity index (χ2n) is 7.78. The van der Waals surface area contributed by atoms with E-state index < -0.39 is 22.8 Å². The summed E-state index contributed by atoms with van der Waals surface area (Å²) in [5.74, 6) is -1.45. The molecule has 156 valence electrons. The Morgan fingerprint density at radius 2 is 2.24 bits per heavy atom. The van der Waals surface area contributed by atoms with Crippen LogP contribution >= 0.6 is 0 Å². The monoisotopic (exact) mass is 404 g/mol. The minimum absolute atomic E-state index is 0.129. The summed E-state index contributed by atoms with van der Waals surface area (Å²) in [5, 5.41) is 12.6. The summed E-state index contributed by atoms with van der Waals surface area (Å²) in [7, 11) is 0. The molecule has 0 aliphatic carbocycles. The summed E-state index contributed by atoms with van der Waals surface area (Å²) in [6.45, 7) is 7.16. The van der Waals surface area contributed by atoms with Gasteiger partial charge in [0.05, 0.1) is 22.6 Å². The molecular formula is C20H25FN4O4.